The largest absolute Gasteiger partial charge is 0.392 e. The summed E-state index contributed by atoms with van der Waals surface area (Å²) in [6.45, 7) is 20.2. The lowest BCUT2D eigenvalue weighted by Gasteiger charge is -2.33. The van der Waals surface area contributed by atoms with E-state index in [9.17, 15) is 15.3 Å². The van der Waals surface area contributed by atoms with Crippen LogP contribution in [0.5, 0.6) is 0 Å². The van der Waals surface area contributed by atoms with Gasteiger partial charge in [0.05, 0.1) is 85.9 Å². The number of nitrogens with zero attached hydrogens (tertiary/aromatic N) is 2. The van der Waals surface area contributed by atoms with Gasteiger partial charge in [-0.25, -0.2) is 0 Å². The lowest BCUT2D eigenvalue weighted by atomic mass is 10.1. The Hall–Kier alpha value is -0.920. The Balaban J connectivity index is 0.000000560. The predicted octanol–water partition coefficient (Wildman–Crippen LogP) is 6.96. The van der Waals surface area contributed by atoms with Crippen LogP contribution in [0.2, 0.25) is 0 Å². The normalized spacial score (nSPS) is 11.8. The van der Waals surface area contributed by atoms with Crippen LogP contribution in [0.25, 0.3) is 0 Å². The second-order valence-electron chi connectivity index (χ2n) is 14.1. The molecule has 56 heavy (non-hydrogen) atoms. The number of benzene rings is 2. The van der Waals surface area contributed by atoms with Gasteiger partial charge in [0.15, 0.2) is 0 Å². The average molecular weight is 865 g/mol. The molecule has 0 saturated carbocycles. The third-order valence-corrected chi connectivity index (χ3v) is 13.3. The van der Waals surface area contributed by atoms with Crippen molar-refractivity contribution in [2.75, 3.05) is 129 Å². The molecule has 0 bridgehead atoms. The SMILES string of the molecule is CCc1cc(CO)cc(N(CCOCCOCCOC)CC(C)(C)SSC)c1.COCCOCCOCCN(CC(C)(C)SSC)c1cc(CO)cc(CO)c1. The molecule has 0 radical (unpaired) electrons. The Morgan fingerprint density at radius 1 is 0.500 bits per heavy atom. The first-order valence-electron chi connectivity index (χ1n) is 19.2. The van der Waals surface area contributed by atoms with Gasteiger partial charge < -0.3 is 53.5 Å². The van der Waals surface area contributed by atoms with Gasteiger partial charge in [0.2, 0.25) is 0 Å². The highest BCUT2D eigenvalue weighted by Gasteiger charge is 2.24. The Kier molecular flexibility index (Phi) is 30.3. The lowest BCUT2D eigenvalue weighted by molar-refractivity contribution is 0.0264. The molecular weight excluding hydrogens is 793 g/mol. The molecule has 0 unspecified atom stereocenters. The van der Waals surface area contributed by atoms with E-state index in [1.54, 1.807) is 35.8 Å². The monoisotopic (exact) mass is 864 g/mol. The van der Waals surface area contributed by atoms with Gasteiger partial charge in [-0.15, -0.1) is 0 Å². The van der Waals surface area contributed by atoms with Crippen LogP contribution in [-0.2, 0) is 54.7 Å². The van der Waals surface area contributed by atoms with E-state index >= 15 is 0 Å². The van der Waals surface area contributed by atoms with Crippen molar-refractivity contribution in [1.82, 2.24) is 0 Å². The quantitative estimate of drug-likeness (QED) is 0.0519. The number of hydrogen-bond acceptors (Lipinski definition) is 15. The topological polar surface area (TPSA) is 123 Å². The lowest BCUT2D eigenvalue weighted by Crippen LogP contribution is -2.38. The molecule has 15 heteroatoms. The zero-order valence-electron chi connectivity index (χ0n) is 35.5. The Labute approximate surface area is 354 Å². The highest BCUT2D eigenvalue weighted by Crippen LogP contribution is 2.36. The van der Waals surface area contributed by atoms with Crippen LogP contribution in [0, 0.1) is 0 Å². The van der Waals surface area contributed by atoms with Crippen LogP contribution in [0.1, 0.15) is 56.9 Å². The molecule has 0 aromatic heterocycles. The first kappa shape index (κ1) is 53.1. The van der Waals surface area contributed by atoms with Gasteiger partial charge in [-0.05, 0) is 93.1 Å². The molecule has 324 valence electrons. The summed E-state index contributed by atoms with van der Waals surface area (Å²) in [7, 11) is 10.6. The van der Waals surface area contributed by atoms with Gasteiger partial charge in [0.1, 0.15) is 0 Å². The van der Waals surface area contributed by atoms with E-state index in [0.29, 0.717) is 66.1 Å². The average Bonchev–Trinajstić information content (AvgIpc) is 3.18. The first-order chi connectivity index (χ1) is 26.9. The Morgan fingerprint density at radius 3 is 1.14 bits per heavy atom. The van der Waals surface area contributed by atoms with Crippen molar-refractivity contribution in [3.63, 3.8) is 0 Å². The second-order valence-corrected chi connectivity index (χ2v) is 20.4. The van der Waals surface area contributed by atoms with Crippen molar-refractivity contribution in [1.29, 1.82) is 0 Å². The molecule has 0 aliphatic carbocycles. The van der Waals surface area contributed by atoms with Crippen molar-refractivity contribution in [3.8, 4) is 0 Å². The zero-order valence-corrected chi connectivity index (χ0v) is 38.8. The zero-order chi connectivity index (χ0) is 41.7. The fraction of sp³-hybridized carbons (Fsp3) is 0.707. The summed E-state index contributed by atoms with van der Waals surface area (Å²) < 4.78 is 32.4. The summed E-state index contributed by atoms with van der Waals surface area (Å²) in [6, 6.07) is 12.2. The summed E-state index contributed by atoms with van der Waals surface area (Å²) >= 11 is 0. The number of anilines is 2. The number of ether oxygens (including phenoxy) is 6. The fourth-order valence-electron chi connectivity index (χ4n) is 5.63. The van der Waals surface area contributed by atoms with Crippen LogP contribution >= 0.6 is 43.2 Å². The molecule has 2 aromatic carbocycles. The van der Waals surface area contributed by atoms with Gasteiger partial charge >= 0.3 is 0 Å². The number of aliphatic hydroxyl groups excluding tert-OH is 3. The van der Waals surface area contributed by atoms with Crippen molar-refractivity contribution in [3.05, 3.63) is 58.7 Å². The minimum Gasteiger partial charge on any atom is -0.392 e. The van der Waals surface area contributed by atoms with Crippen molar-refractivity contribution in [2.45, 2.75) is 70.4 Å². The molecule has 2 aromatic rings. The maximum atomic E-state index is 9.64. The van der Waals surface area contributed by atoms with Gasteiger partial charge in [-0.3, -0.25) is 0 Å². The number of rotatable bonds is 32. The van der Waals surface area contributed by atoms with E-state index in [4.69, 9.17) is 28.4 Å². The minimum absolute atomic E-state index is 0.0390. The molecule has 0 aliphatic rings. The van der Waals surface area contributed by atoms with Crippen molar-refractivity contribution < 1.29 is 43.7 Å². The smallest absolute Gasteiger partial charge is 0.0701 e. The molecule has 0 fully saturated rings. The maximum absolute atomic E-state index is 9.64. The fourth-order valence-corrected chi connectivity index (χ4v) is 9.97. The van der Waals surface area contributed by atoms with Crippen LogP contribution < -0.4 is 9.80 Å². The van der Waals surface area contributed by atoms with E-state index in [1.807, 2.05) is 39.8 Å². The number of aliphatic hydroxyl groups is 3. The molecule has 0 spiro atoms. The molecule has 2 rings (SSSR count). The summed E-state index contributed by atoms with van der Waals surface area (Å²) in [5, 5.41) is 28.8. The number of methoxy groups -OCH3 is 2. The van der Waals surface area contributed by atoms with E-state index in [1.165, 1.54) is 5.56 Å². The highest BCUT2D eigenvalue weighted by atomic mass is 33.1. The third-order valence-electron chi connectivity index (χ3n) is 8.14. The van der Waals surface area contributed by atoms with E-state index < -0.39 is 0 Å². The first-order valence-corrected chi connectivity index (χ1v) is 24.3. The number of hydrogen-bond donors (Lipinski definition) is 3. The van der Waals surface area contributed by atoms with E-state index in [0.717, 1.165) is 60.7 Å². The van der Waals surface area contributed by atoms with E-state index in [2.05, 4.69) is 75.1 Å². The Bertz CT molecular complexity index is 1140. The number of aryl methyl sites for hydroxylation is 1. The highest BCUT2D eigenvalue weighted by molar-refractivity contribution is 8.77. The molecule has 3 N–H and O–H groups in total. The molecule has 0 heterocycles. The standard InChI is InChI=1S/C21H37NO4S2.C20H35NO5S2/c1-6-18-13-19(16-23)15-20(14-18)22(17-21(2,3)28-27-5)7-8-25-11-12-26-10-9-24-4;1-20(2,28-27-4)16-21(5-6-25-9-10-26-8-7-24-3)19-12-17(14-22)11-18(13-19)15-23/h13-15,23H,6-12,16-17H2,1-5H3;11-13,22-23H,5-10,14-16H2,1-4H3. The molecule has 0 saturated heterocycles. The maximum Gasteiger partial charge on any atom is 0.0701 e. The van der Waals surface area contributed by atoms with Crippen LogP contribution in [0.15, 0.2) is 36.4 Å². The minimum atomic E-state index is -0.0487. The third kappa shape index (κ3) is 24.2. The summed E-state index contributed by atoms with van der Waals surface area (Å²) in [4.78, 5) is 4.63. The summed E-state index contributed by atoms with van der Waals surface area (Å²) in [5.41, 5.74) is 5.95. The van der Waals surface area contributed by atoms with Gasteiger partial charge in [0, 0.05) is 61.3 Å². The van der Waals surface area contributed by atoms with Crippen LogP contribution in [0.4, 0.5) is 11.4 Å². The molecular formula is C41H72N2O9S4. The van der Waals surface area contributed by atoms with Crippen molar-refractivity contribution >= 4 is 54.6 Å². The molecule has 11 nitrogen and oxygen atoms in total. The second kappa shape index (κ2) is 31.9. The van der Waals surface area contributed by atoms with E-state index in [-0.39, 0.29) is 29.3 Å². The van der Waals surface area contributed by atoms with Gasteiger partial charge in [-0.1, -0.05) is 62.2 Å². The van der Waals surface area contributed by atoms with Gasteiger partial charge in [0.25, 0.3) is 0 Å². The van der Waals surface area contributed by atoms with Crippen molar-refractivity contribution in [2.24, 2.45) is 0 Å². The predicted molar refractivity (Wildman–Crippen MR) is 242 cm³/mol. The Morgan fingerprint density at radius 2 is 0.821 bits per heavy atom. The summed E-state index contributed by atoms with van der Waals surface area (Å²) in [6.07, 6.45) is 5.15. The van der Waals surface area contributed by atoms with Gasteiger partial charge in [-0.2, -0.15) is 0 Å². The molecule has 0 aliphatic heterocycles. The molecule has 0 atom stereocenters. The van der Waals surface area contributed by atoms with Crippen LogP contribution in [0.3, 0.4) is 0 Å². The summed E-state index contributed by atoms with van der Waals surface area (Å²) in [5.74, 6) is 0. The molecule has 0 amide bonds. The van der Waals surface area contributed by atoms with Crippen LogP contribution in [-0.4, -0.2) is 144 Å².